The third kappa shape index (κ3) is 4.81. The van der Waals surface area contributed by atoms with Crippen molar-refractivity contribution in [2.24, 2.45) is 4.99 Å². The Balaban J connectivity index is 1.93. The molecule has 2 aromatic rings. The third-order valence-electron chi connectivity index (χ3n) is 3.70. The maximum Gasteiger partial charge on any atom is 0.363 e. The molecule has 140 valence electrons. The maximum absolute atomic E-state index is 12.2. The fourth-order valence-electron chi connectivity index (χ4n) is 2.48. The number of benzene rings is 2. The van der Waals surface area contributed by atoms with Crippen LogP contribution in [0, 0.1) is 10.5 Å². The van der Waals surface area contributed by atoms with Gasteiger partial charge < -0.3 is 9.47 Å². The standard InChI is InChI=1S/C20H16Br2INO3/c1-10(2)26-18-14(21)7-12(8-15(18)22)9-17-20(25)27-19(24-17)13-4-5-16(23)11(3)6-13/h4-10H,1-3H3/b17-9-. The highest BCUT2D eigenvalue weighted by Crippen LogP contribution is 2.36. The van der Waals surface area contributed by atoms with Crippen molar-refractivity contribution in [3.63, 3.8) is 0 Å². The minimum absolute atomic E-state index is 0.0520. The van der Waals surface area contributed by atoms with Crippen LogP contribution in [0.1, 0.15) is 30.5 Å². The Morgan fingerprint density at radius 3 is 2.44 bits per heavy atom. The van der Waals surface area contributed by atoms with Gasteiger partial charge in [0, 0.05) is 9.13 Å². The first kappa shape index (κ1) is 20.5. The van der Waals surface area contributed by atoms with Gasteiger partial charge in [-0.25, -0.2) is 9.79 Å². The van der Waals surface area contributed by atoms with E-state index in [4.69, 9.17) is 9.47 Å². The van der Waals surface area contributed by atoms with E-state index in [-0.39, 0.29) is 11.8 Å². The molecule has 7 heteroatoms. The molecule has 0 atom stereocenters. The van der Waals surface area contributed by atoms with E-state index in [1.165, 1.54) is 0 Å². The van der Waals surface area contributed by atoms with Gasteiger partial charge in [0.2, 0.25) is 5.90 Å². The monoisotopic (exact) mass is 603 g/mol. The average molecular weight is 605 g/mol. The number of ether oxygens (including phenoxy) is 2. The minimum Gasteiger partial charge on any atom is -0.489 e. The molecule has 4 nitrogen and oxygen atoms in total. The van der Waals surface area contributed by atoms with E-state index in [1.807, 2.05) is 51.1 Å². The largest absolute Gasteiger partial charge is 0.489 e. The van der Waals surface area contributed by atoms with Crippen molar-refractivity contribution in [3.8, 4) is 5.75 Å². The summed E-state index contributed by atoms with van der Waals surface area (Å²) >= 11 is 9.30. The lowest BCUT2D eigenvalue weighted by Crippen LogP contribution is -2.06. The van der Waals surface area contributed by atoms with Gasteiger partial charge in [0.1, 0.15) is 5.75 Å². The van der Waals surface area contributed by atoms with Gasteiger partial charge in [-0.15, -0.1) is 0 Å². The average Bonchev–Trinajstić information content (AvgIpc) is 2.94. The predicted octanol–water partition coefficient (Wildman–Crippen LogP) is 6.26. The molecule has 2 aromatic carbocycles. The zero-order chi connectivity index (χ0) is 19.7. The Morgan fingerprint density at radius 1 is 1.19 bits per heavy atom. The van der Waals surface area contributed by atoms with Crippen molar-refractivity contribution in [1.82, 2.24) is 0 Å². The van der Waals surface area contributed by atoms with Gasteiger partial charge in [0.15, 0.2) is 5.70 Å². The number of cyclic esters (lactones) is 1. The summed E-state index contributed by atoms with van der Waals surface area (Å²) in [5.74, 6) is 0.583. The molecule has 3 rings (SSSR count). The van der Waals surface area contributed by atoms with Gasteiger partial charge in [-0.05, 0) is 123 Å². The number of halogens is 3. The lowest BCUT2D eigenvalue weighted by atomic mass is 10.1. The second-order valence-electron chi connectivity index (χ2n) is 6.28. The number of hydrogen-bond acceptors (Lipinski definition) is 4. The second-order valence-corrected chi connectivity index (χ2v) is 9.15. The molecule has 0 unspecified atom stereocenters. The van der Waals surface area contributed by atoms with Crippen LogP contribution in [0.3, 0.4) is 0 Å². The van der Waals surface area contributed by atoms with E-state index in [9.17, 15) is 4.79 Å². The van der Waals surface area contributed by atoms with E-state index in [0.717, 1.165) is 35.0 Å². The molecule has 1 aliphatic rings. The number of carbonyl (C=O) groups is 1. The molecule has 1 heterocycles. The first-order valence-electron chi connectivity index (χ1n) is 8.19. The Hall–Kier alpha value is -1.19. The smallest absolute Gasteiger partial charge is 0.363 e. The molecule has 0 amide bonds. The molecule has 27 heavy (non-hydrogen) atoms. The third-order valence-corrected chi connectivity index (χ3v) is 6.09. The minimum atomic E-state index is -0.462. The van der Waals surface area contributed by atoms with Crippen LogP contribution in [0.25, 0.3) is 6.08 Å². The first-order valence-corrected chi connectivity index (χ1v) is 10.9. The van der Waals surface area contributed by atoms with Crippen molar-refractivity contribution in [1.29, 1.82) is 0 Å². The molecule has 0 aliphatic carbocycles. The summed E-state index contributed by atoms with van der Waals surface area (Å²) in [6.07, 6.45) is 1.75. The number of aliphatic imine (C=N–C) groups is 1. The van der Waals surface area contributed by atoms with Crippen LogP contribution in [-0.4, -0.2) is 18.0 Å². The topological polar surface area (TPSA) is 47.9 Å². The van der Waals surface area contributed by atoms with Gasteiger partial charge in [-0.3, -0.25) is 0 Å². The summed E-state index contributed by atoms with van der Waals surface area (Å²) in [6.45, 7) is 5.94. The molecular formula is C20H16Br2INO3. The van der Waals surface area contributed by atoms with Crippen LogP contribution in [0.4, 0.5) is 0 Å². The normalized spacial score (nSPS) is 15.3. The molecule has 0 aromatic heterocycles. The Morgan fingerprint density at radius 2 is 1.85 bits per heavy atom. The molecule has 0 saturated carbocycles. The van der Waals surface area contributed by atoms with Gasteiger partial charge in [0.05, 0.1) is 15.0 Å². The number of esters is 1. The van der Waals surface area contributed by atoms with Crippen molar-refractivity contribution in [2.45, 2.75) is 26.9 Å². The van der Waals surface area contributed by atoms with E-state index < -0.39 is 5.97 Å². The van der Waals surface area contributed by atoms with E-state index in [0.29, 0.717) is 5.90 Å². The van der Waals surface area contributed by atoms with Crippen molar-refractivity contribution in [3.05, 3.63) is 65.2 Å². The lowest BCUT2D eigenvalue weighted by Gasteiger charge is -2.14. The van der Waals surface area contributed by atoms with Crippen LogP contribution in [0.2, 0.25) is 0 Å². The highest BCUT2D eigenvalue weighted by molar-refractivity contribution is 14.1. The fourth-order valence-corrected chi connectivity index (χ4v) is 4.22. The number of rotatable bonds is 4. The molecule has 0 spiro atoms. The quantitative estimate of drug-likeness (QED) is 0.235. The molecule has 0 saturated heterocycles. The summed E-state index contributed by atoms with van der Waals surface area (Å²) in [5, 5.41) is 0. The molecular weight excluding hydrogens is 589 g/mol. The molecule has 1 aliphatic heterocycles. The molecule has 0 bridgehead atoms. The Bertz CT molecular complexity index is 960. The molecule has 0 N–H and O–H groups in total. The highest BCUT2D eigenvalue weighted by Gasteiger charge is 2.24. The summed E-state index contributed by atoms with van der Waals surface area (Å²) in [7, 11) is 0. The molecule has 0 radical (unpaired) electrons. The van der Waals surface area contributed by atoms with E-state index in [1.54, 1.807) is 6.08 Å². The molecule has 0 fully saturated rings. The van der Waals surface area contributed by atoms with Crippen LogP contribution in [0.5, 0.6) is 5.75 Å². The van der Waals surface area contributed by atoms with Gasteiger partial charge in [0.25, 0.3) is 0 Å². The second kappa shape index (κ2) is 8.45. The summed E-state index contributed by atoms with van der Waals surface area (Å²) in [6, 6.07) is 9.60. The SMILES string of the molecule is Cc1cc(C2=N/C(=C\c3cc(Br)c(OC(C)C)c(Br)c3)C(=O)O2)ccc1I. The first-order chi connectivity index (χ1) is 12.7. The lowest BCUT2D eigenvalue weighted by molar-refractivity contribution is -0.129. The predicted molar refractivity (Wildman–Crippen MR) is 122 cm³/mol. The van der Waals surface area contributed by atoms with Crippen molar-refractivity contribution in [2.75, 3.05) is 0 Å². The van der Waals surface area contributed by atoms with E-state index in [2.05, 4.69) is 59.4 Å². The van der Waals surface area contributed by atoms with Crippen LogP contribution in [-0.2, 0) is 9.53 Å². The maximum atomic E-state index is 12.2. The van der Waals surface area contributed by atoms with Gasteiger partial charge >= 0.3 is 5.97 Å². The number of hydrogen-bond donors (Lipinski definition) is 0. The van der Waals surface area contributed by atoms with Crippen molar-refractivity contribution < 1.29 is 14.3 Å². The van der Waals surface area contributed by atoms with E-state index >= 15 is 0 Å². The number of carbonyl (C=O) groups excluding carboxylic acids is 1. The van der Waals surface area contributed by atoms with Crippen LogP contribution < -0.4 is 4.74 Å². The summed E-state index contributed by atoms with van der Waals surface area (Å²) < 4.78 is 13.9. The summed E-state index contributed by atoms with van der Waals surface area (Å²) in [5.41, 5.74) is 2.96. The number of nitrogens with zero attached hydrogens (tertiary/aromatic N) is 1. The van der Waals surface area contributed by atoms with Crippen molar-refractivity contribution >= 4 is 72.4 Å². The van der Waals surface area contributed by atoms with Gasteiger partial charge in [-0.2, -0.15) is 0 Å². The highest BCUT2D eigenvalue weighted by atomic mass is 127. The number of aryl methyl sites for hydroxylation is 1. The van der Waals surface area contributed by atoms with Crippen LogP contribution in [0.15, 0.2) is 50.0 Å². The Labute approximate surface area is 188 Å². The fraction of sp³-hybridized carbons (Fsp3) is 0.200. The summed E-state index contributed by atoms with van der Waals surface area (Å²) in [4.78, 5) is 16.6. The zero-order valence-corrected chi connectivity index (χ0v) is 20.2. The zero-order valence-electron chi connectivity index (χ0n) is 14.8. The van der Waals surface area contributed by atoms with Gasteiger partial charge in [-0.1, -0.05) is 0 Å². The Kier molecular flexibility index (Phi) is 6.43. The van der Waals surface area contributed by atoms with Crippen LogP contribution >= 0.6 is 54.5 Å².